The SMILES string of the molecule is CCCCCCCCCCOc1ccc(N(CCc2ccc(C(F)(F)F)cc2)C(=O)C(N)c2ccccc2)cc1.Cc1cccc(N(CCc2ccc(CCCCCCCCCC(F)(F)F)cc2)C(=O)C(N)c2ccccc2)c1. The van der Waals surface area contributed by atoms with E-state index in [1.165, 1.54) is 56.2 Å². The molecule has 2 amide bonds. The maximum Gasteiger partial charge on any atom is 0.416 e. The zero-order chi connectivity index (χ0) is 56.9. The summed E-state index contributed by atoms with van der Waals surface area (Å²) >= 11 is 0. The Morgan fingerprint density at radius 1 is 0.481 bits per heavy atom. The second kappa shape index (κ2) is 33.9. The molecule has 0 heterocycles. The normalized spacial score (nSPS) is 12.3. The average molecular weight is 1090 g/mol. The van der Waals surface area contributed by atoms with Gasteiger partial charge in [-0.15, -0.1) is 0 Å². The van der Waals surface area contributed by atoms with Crippen LogP contribution in [-0.2, 0) is 35.0 Å². The van der Waals surface area contributed by atoms with E-state index in [2.05, 4.69) is 31.2 Å². The second-order valence-corrected chi connectivity index (χ2v) is 20.5. The van der Waals surface area contributed by atoms with E-state index in [1.54, 1.807) is 21.9 Å². The Morgan fingerprint density at radius 3 is 1.41 bits per heavy atom. The van der Waals surface area contributed by atoms with Crippen LogP contribution in [0.3, 0.4) is 0 Å². The van der Waals surface area contributed by atoms with Crippen molar-refractivity contribution in [3.8, 4) is 5.75 Å². The number of unbranched alkanes of at least 4 members (excludes halogenated alkanes) is 13. The Balaban J connectivity index is 0.000000291. The molecule has 2 unspecified atom stereocenters. The van der Waals surface area contributed by atoms with Crippen molar-refractivity contribution < 1.29 is 40.7 Å². The van der Waals surface area contributed by atoms with Gasteiger partial charge in [0.2, 0.25) is 11.8 Å². The van der Waals surface area contributed by atoms with Gasteiger partial charge in [-0.25, -0.2) is 0 Å². The predicted molar refractivity (Wildman–Crippen MR) is 309 cm³/mol. The number of hydrogen-bond acceptors (Lipinski definition) is 5. The summed E-state index contributed by atoms with van der Waals surface area (Å²) in [5.74, 6) is 0.323. The molecule has 4 N–H and O–H groups in total. The van der Waals surface area contributed by atoms with E-state index in [1.807, 2.05) is 104 Å². The molecule has 0 fully saturated rings. The number of aryl methyl sites for hydroxylation is 2. The Hall–Kier alpha value is -6.44. The number of nitrogens with zero attached hydrogens (tertiary/aromatic N) is 2. The van der Waals surface area contributed by atoms with Crippen molar-refractivity contribution in [1.82, 2.24) is 0 Å². The lowest BCUT2D eigenvalue weighted by molar-refractivity contribution is -0.137. The van der Waals surface area contributed by atoms with Crippen LogP contribution >= 0.6 is 0 Å². The van der Waals surface area contributed by atoms with Crippen LogP contribution in [0.25, 0.3) is 0 Å². The van der Waals surface area contributed by atoms with Crippen LogP contribution < -0.4 is 26.0 Å². The minimum Gasteiger partial charge on any atom is -0.494 e. The first-order valence-electron chi connectivity index (χ1n) is 28.4. The molecule has 79 heavy (non-hydrogen) atoms. The Labute approximate surface area is 465 Å². The molecule has 0 aliphatic heterocycles. The van der Waals surface area contributed by atoms with Crippen molar-refractivity contribution in [2.24, 2.45) is 11.5 Å². The van der Waals surface area contributed by atoms with Crippen molar-refractivity contribution in [3.63, 3.8) is 0 Å². The van der Waals surface area contributed by atoms with Crippen LogP contribution in [0.1, 0.15) is 161 Å². The van der Waals surface area contributed by atoms with Gasteiger partial charge in [-0.3, -0.25) is 9.59 Å². The number of nitrogens with two attached hydrogens (primary N) is 2. The van der Waals surface area contributed by atoms with Gasteiger partial charge in [0, 0.05) is 30.9 Å². The number of benzene rings is 6. The summed E-state index contributed by atoms with van der Waals surface area (Å²) in [4.78, 5) is 30.4. The van der Waals surface area contributed by atoms with Crippen molar-refractivity contribution in [2.75, 3.05) is 29.5 Å². The van der Waals surface area contributed by atoms with E-state index in [0.29, 0.717) is 42.8 Å². The number of amides is 2. The van der Waals surface area contributed by atoms with E-state index in [4.69, 9.17) is 16.2 Å². The van der Waals surface area contributed by atoms with Gasteiger partial charge in [0.25, 0.3) is 0 Å². The van der Waals surface area contributed by atoms with Gasteiger partial charge < -0.3 is 26.0 Å². The van der Waals surface area contributed by atoms with Crippen molar-refractivity contribution in [3.05, 3.63) is 197 Å². The van der Waals surface area contributed by atoms with E-state index in [9.17, 15) is 35.9 Å². The number of rotatable bonds is 31. The lowest BCUT2D eigenvalue weighted by Gasteiger charge is -2.26. The summed E-state index contributed by atoms with van der Waals surface area (Å²) < 4.78 is 81.3. The number of carbonyl (C=O) groups excluding carboxylic acids is 2. The van der Waals surface area contributed by atoms with Gasteiger partial charge in [-0.2, -0.15) is 26.3 Å². The molecule has 0 radical (unpaired) electrons. The standard InChI is InChI=1S/C33H41F3N2O2.C33H41F3N2O/c1-2-3-4-5-6-7-8-12-25-40-30-21-19-29(20-22-30)38(32(39)31(37)27-13-10-9-11-14-27)24-23-26-15-17-28(18-16-26)33(34,35)36;1-26-13-12-17-30(25-26)38(32(39)31(37)29-15-9-7-10-16-29)24-22-28-20-18-27(19-21-28)14-8-5-3-2-4-6-11-23-33(34,35)36/h9-11,13-22,31H,2-8,12,23-25,37H2,1H3;7,9-10,12-13,15-21,25,31H,2-6,8,11,14,22-24,37H2,1H3. The van der Waals surface area contributed by atoms with Gasteiger partial charge in [0.05, 0.1) is 12.2 Å². The first-order chi connectivity index (χ1) is 38.0. The van der Waals surface area contributed by atoms with Crippen LogP contribution in [0.15, 0.2) is 158 Å². The van der Waals surface area contributed by atoms with E-state index in [-0.39, 0.29) is 24.8 Å². The lowest BCUT2D eigenvalue weighted by Crippen LogP contribution is -2.40. The Bertz CT molecular complexity index is 2630. The molecule has 0 saturated heterocycles. The zero-order valence-corrected chi connectivity index (χ0v) is 46.3. The first-order valence-corrected chi connectivity index (χ1v) is 28.4. The van der Waals surface area contributed by atoms with Crippen LogP contribution in [0.4, 0.5) is 37.7 Å². The molecule has 6 aromatic carbocycles. The van der Waals surface area contributed by atoms with Crippen LogP contribution in [-0.4, -0.2) is 37.7 Å². The zero-order valence-electron chi connectivity index (χ0n) is 46.3. The highest BCUT2D eigenvalue weighted by atomic mass is 19.4. The summed E-state index contributed by atoms with van der Waals surface area (Å²) in [7, 11) is 0. The van der Waals surface area contributed by atoms with Crippen molar-refractivity contribution in [2.45, 2.75) is 160 Å². The molecule has 6 aromatic rings. The number of alkyl halides is 6. The predicted octanol–water partition coefficient (Wildman–Crippen LogP) is 17.0. The average Bonchev–Trinajstić information content (AvgIpc) is 3.47. The second-order valence-electron chi connectivity index (χ2n) is 20.5. The number of anilines is 2. The maximum atomic E-state index is 13.5. The largest absolute Gasteiger partial charge is 0.494 e. The molecule has 0 bridgehead atoms. The highest BCUT2D eigenvalue weighted by Gasteiger charge is 2.30. The molecular weight excluding hydrogens is 1010 g/mol. The maximum absolute atomic E-state index is 13.5. The summed E-state index contributed by atoms with van der Waals surface area (Å²) in [6.45, 7) is 5.68. The quantitative estimate of drug-likeness (QED) is 0.0334. The van der Waals surface area contributed by atoms with Gasteiger partial charge in [0.15, 0.2) is 0 Å². The van der Waals surface area contributed by atoms with E-state index >= 15 is 0 Å². The summed E-state index contributed by atoms with van der Waals surface area (Å²) in [5.41, 5.74) is 19.3. The topological polar surface area (TPSA) is 102 Å². The van der Waals surface area contributed by atoms with Gasteiger partial charge in [-0.05, 0) is 127 Å². The molecule has 0 aliphatic carbocycles. The fourth-order valence-corrected chi connectivity index (χ4v) is 9.37. The van der Waals surface area contributed by atoms with Crippen LogP contribution in [0.5, 0.6) is 5.75 Å². The van der Waals surface area contributed by atoms with E-state index < -0.39 is 36.4 Å². The molecule has 13 heteroatoms. The summed E-state index contributed by atoms with van der Waals surface area (Å²) in [6.07, 6.45) is 8.88. The molecule has 0 aliphatic rings. The van der Waals surface area contributed by atoms with Crippen molar-refractivity contribution >= 4 is 23.2 Å². The third-order valence-electron chi connectivity index (χ3n) is 14.1. The Kier molecular flexibility index (Phi) is 27.2. The summed E-state index contributed by atoms with van der Waals surface area (Å²) in [5, 5.41) is 0. The smallest absolute Gasteiger partial charge is 0.416 e. The van der Waals surface area contributed by atoms with Crippen LogP contribution in [0.2, 0.25) is 0 Å². The van der Waals surface area contributed by atoms with E-state index in [0.717, 1.165) is 98.0 Å². The third kappa shape index (κ3) is 23.4. The molecular formula is C66H82F6N4O3. The molecule has 0 aromatic heterocycles. The minimum absolute atomic E-state index is 0.122. The lowest BCUT2D eigenvalue weighted by atomic mass is 10.0. The van der Waals surface area contributed by atoms with Crippen molar-refractivity contribution in [1.29, 1.82) is 0 Å². The molecule has 2 atom stereocenters. The fraction of sp³-hybridized carbons (Fsp3) is 0.424. The highest BCUT2D eigenvalue weighted by molar-refractivity contribution is 5.98. The minimum atomic E-state index is -4.39. The summed E-state index contributed by atoms with van der Waals surface area (Å²) in [6, 6.07) is 45.9. The number of ether oxygens (including phenoxy) is 1. The first kappa shape index (κ1) is 63.4. The number of hydrogen-bond donors (Lipinski definition) is 2. The highest BCUT2D eigenvalue weighted by Crippen LogP contribution is 2.30. The number of carbonyl (C=O) groups is 2. The monoisotopic (exact) mass is 1090 g/mol. The van der Waals surface area contributed by atoms with Gasteiger partial charge >= 0.3 is 12.4 Å². The third-order valence-corrected chi connectivity index (χ3v) is 14.1. The molecule has 0 spiro atoms. The molecule has 0 saturated carbocycles. The van der Waals surface area contributed by atoms with Gasteiger partial charge in [0.1, 0.15) is 17.8 Å². The molecule has 7 nitrogen and oxygen atoms in total. The Morgan fingerprint density at radius 2 is 0.924 bits per heavy atom. The molecule has 6 rings (SSSR count). The number of halogens is 6. The molecule has 426 valence electrons. The van der Waals surface area contributed by atoms with Gasteiger partial charge in [-0.1, -0.05) is 193 Å². The fourth-order valence-electron chi connectivity index (χ4n) is 9.37. The van der Waals surface area contributed by atoms with Crippen LogP contribution in [0, 0.1) is 6.92 Å².